The smallest absolute Gasteiger partial charge is 0.243 e. The van der Waals surface area contributed by atoms with Gasteiger partial charge >= 0.3 is 0 Å². The molecule has 92 valence electrons. The van der Waals surface area contributed by atoms with E-state index in [4.69, 9.17) is 0 Å². The van der Waals surface area contributed by atoms with E-state index < -0.39 is 0 Å². The molecule has 17 heavy (non-hydrogen) atoms. The van der Waals surface area contributed by atoms with Crippen molar-refractivity contribution in [1.29, 1.82) is 0 Å². The summed E-state index contributed by atoms with van der Waals surface area (Å²) < 4.78 is 1.91. The van der Waals surface area contributed by atoms with Crippen LogP contribution in [0.2, 0.25) is 0 Å². The minimum absolute atomic E-state index is 0.123. The van der Waals surface area contributed by atoms with Gasteiger partial charge in [0.25, 0.3) is 0 Å². The second-order valence-electron chi connectivity index (χ2n) is 4.67. The average Bonchev–Trinajstić information content (AvgIpc) is 2.72. The normalized spacial score (nSPS) is 18.9. The number of rotatable bonds is 3. The first kappa shape index (κ1) is 11.8. The number of amides is 1. The molecule has 2 rings (SSSR count). The Morgan fingerprint density at radius 2 is 2.41 bits per heavy atom. The van der Waals surface area contributed by atoms with Crippen LogP contribution in [-0.4, -0.2) is 26.7 Å². The monoisotopic (exact) mass is 234 g/mol. The third-order valence-corrected chi connectivity index (χ3v) is 2.92. The molecule has 2 heterocycles. The van der Waals surface area contributed by atoms with Crippen LogP contribution >= 0.6 is 0 Å². The van der Waals surface area contributed by atoms with Gasteiger partial charge in [0.15, 0.2) is 5.82 Å². The Morgan fingerprint density at radius 1 is 1.65 bits per heavy atom. The molecule has 1 N–H and O–H groups in total. The summed E-state index contributed by atoms with van der Waals surface area (Å²) >= 11 is 0. The molecular formula is C12H18N4O. The van der Waals surface area contributed by atoms with Crippen molar-refractivity contribution < 1.29 is 4.79 Å². The van der Waals surface area contributed by atoms with Gasteiger partial charge in [-0.15, -0.1) is 0 Å². The number of carbonyl (C=O) groups excluding carboxylic acids is 1. The van der Waals surface area contributed by atoms with Crippen molar-refractivity contribution in [2.75, 3.05) is 0 Å². The van der Waals surface area contributed by atoms with Crippen LogP contribution in [0.5, 0.6) is 0 Å². The largest absolute Gasteiger partial charge is 0.348 e. The molecule has 0 saturated carbocycles. The van der Waals surface area contributed by atoms with Gasteiger partial charge in [-0.1, -0.05) is 20.4 Å². The molecule has 1 amide bonds. The third-order valence-electron chi connectivity index (χ3n) is 2.92. The SMILES string of the molecule is C=CC(=O)NC1CCc2nc(C(C)C)nn2C1. The van der Waals surface area contributed by atoms with E-state index in [9.17, 15) is 4.79 Å². The first-order valence-corrected chi connectivity index (χ1v) is 5.96. The van der Waals surface area contributed by atoms with Crippen molar-refractivity contribution in [1.82, 2.24) is 20.1 Å². The molecule has 1 aliphatic rings. The predicted octanol–water partition coefficient (Wildman–Crippen LogP) is 1.02. The molecule has 1 aliphatic heterocycles. The van der Waals surface area contributed by atoms with Crippen molar-refractivity contribution >= 4 is 5.91 Å². The van der Waals surface area contributed by atoms with E-state index in [0.717, 1.165) is 24.5 Å². The van der Waals surface area contributed by atoms with Crippen LogP contribution in [0.3, 0.4) is 0 Å². The zero-order valence-corrected chi connectivity index (χ0v) is 10.3. The molecular weight excluding hydrogens is 216 g/mol. The Balaban J connectivity index is 2.08. The Hall–Kier alpha value is -1.65. The molecule has 5 nitrogen and oxygen atoms in total. The van der Waals surface area contributed by atoms with Gasteiger partial charge in [-0.05, 0) is 12.5 Å². The first-order chi connectivity index (χ1) is 8.10. The van der Waals surface area contributed by atoms with Crippen molar-refractivity contribution in [2.45, 2.75) is 45.2 Å². The summed E-state index contributed by atoms with van der Waals surface area (Å²) in [5.74, 6) is 2.13. The maximum Gasteiger partial charge on any atom is 0.243 e. The van der Waals surface area contributed by atoms with Crippen LogP contribution in [0.15, 0.2) is 12.7 Å². The molecule has 0 aliphatic carbocycles. The average molecular weight is 234 g/mol. The van der Waals surface area contributed by atoms with Crippen molar-refractivity contribution in [3.8, 4) is 0 Å². The highest BCUT2D eigenvalue weighted by Crippen LogP contribution is 2.16. The van der Waals surface area contributed by atoms with Gasteiger partial charge < -0.3 is 5.32 Å². The van der Waals surface area contributed by atoms with E-state index in [2.05, 4.69) is 35.8 Å². The van der Waals surface area contributed by atoms with Gasteiger partial charge in [-0.2, -0.15) is 5.10 Å². The Kier molecular flexibility index (Phi) is 3.26. The minimum atomic E-state index is -0.123. The molecule has 1 aromatic rings. The molecule has 1 atom stereocenters. The third kappa shape index (κ3) is 2.54. The maximum absolute atomic E-state index is 11.2. The fourth-order valence-corrected chi connectivity index (χ4v) is 1.95. The quantitative estimate of drug-likeness (QED) is 0.794. The van der Waals surface area contributed by atoms with Crippen LogP contribution < -0.4 is 5.32 Å². The summed E-state index contributed by atoms with van der Waals surface area (Å²) in [5.41, 5.74) is 0. The number of fused-ring (bicyclic) bond motifs is 1. The summed E-state index contributed by atoms with van der Waals surface area (Å²) in [6.45, 7) is 8.32. The first-order valence-electron chi connectivity index (χ1n) is 5.96. The number of nitrogens with one attached hydrogen (secondary N) is 1. The second-order valence-corrected chi connectivity index (χ2v) is 4.67. The van der Waals surface area contributed by atoms with E-state index >= 15 is 0 Å². The lowest BCUT2D eigenvalue weighted by Crippen LogP contribution is -2.40. The van der Waals surface area contributed by atoms with Crippen molar-refractivity contribution in [3.05, 3.63) is 24.3 Å². The fraction of sp³-hybridized carbons (Fsp3) is 0.583. The zero-order valence-electron chi connectivity index (χ0n) is 10.3. The van der Waals surface area contributed by atoms with Gasteiger partial charge in [0.2, 0.25) is 5.91 Å². The molecule has 5 heteroatoms. The predicted molar refractivity (Wildman–Crippen MR) is 64.6 cm³/mol. The molecule has 0 spiro atoms. The number of carbonyl (C=O) groups is 1. The second kappa shape index (κ2) is 4.69. The lowest BCUT2D eigenvalue weighted by molar-refractivity contribution is -0.117. The maximum atomic E-state index is 11.2. The lowest BCUT2D eigenvalue weighted by atomic mass is 10.1. The van der Waals surface area contributed by atoms with Gasteiger partial charge in [-0.3, -0.25) is 4.79 Å². The molecule has 0 saturated heterocycles. The number of aromatic nitrogens is 3. The van der Waals surface area contributed by atoms with Crippen LogP contribution in [0.4, 0.5) is 0 Å². The van der Waals surface area contributed by atoms with Crippen LogP contribution in [0, 0.1) is 0 Å². The summed E-state index contributed by atoms with van der Waals surface area (Å²) in [7, 11) is 0. The Labute approximate surface area is 101 Å². The number of aryl methyl sites for hydroxylation is 1. The van der Waals surface area contributed by atoms with Gasteiger partial charge in [0.1, 0.15) is 5.82 Å². The lowest BCUT2D eigenvalue weighted by Gasteiger charge is -2.22. The molecule has 1 aromatic heterocycles. The molecule has 0 radical (unpaired) electrons. The summed E-state index contributed by atoms with van der Waals surface area (Å²) in [5, 5.41) is 7.36. The summed E-state index contributed by atoms with van der Waals surface area (Å²) in [6.07, 6.45) is 3.08. The van der Waals surface area contributed by atoms with Crippen LogP contribution in [0.1, 0.15) is 37.8 Å². The topological polar surface area (TPSA) is 59.8 Å². The highest BCUT2D eigenvalue weighted by Gasteiger charge is 2.22. The van der Waals surface area contributed by atoms with Gasteiger partial charge in [0, 0.05) is 18.4 Å². The molecule has 0 aromatic carbocycles. The van der Waals surface area contributed by atoms with Gasteiger partial charge in [-0.25, -0.2) is 9.67 Å². The van der Waals surface area contributed by atoms with E-state index in [1.807, 2.05) is 4.68 Å². The molecule has 0 bridgehead atoms. The highest BCUT2D eigenvalue weighted by atomic mass is 16.1. The summed E-state index contributed by atoms with van der Waals surface area (Å²) in [4.78, 5) is 15.7. The molecule has 0 fully saturated rings. The van der Waals surface area contributed by atoms with E-state index in [0.29, 0.717) is 12.5 Å². The van der Waals surface area contributed by atoms with E-state index in [1.165, 1.54) is 6.08 Å². The van der Waals surface area contributed by atoms with Crippen LogP contribution in [-0.2, 0) is 17.8 Å². The Morgan fingerprint density at radius 3 is 3.06 bits per heavy atom. The number of hydrogen-bond acceptors (Lipinski definition) is 3. The van der Waals surface area contributed by atoms with E-state index in [-0.39, 0.29) is 11.9 Å². The fourth-order valence-electron chi connectivity index (χ4n) is 1.95. The number of nitrogens with zero attached hydrogens (tertiary/aromatic N) is 3. The standard InChI is InChI=1S/C12H18N4O/c1-4-11(17)13-9-5-6-10-14-12(8(2)3)15-16(10)7-9/h4,8-9H,1,5-7H2,2-3H3,(H,13,17). The van der Waals surface area contributed by atoms with Crippen molar-refractivity contribution in [3.63, 3.8) is 0 Å². The highest BCUT2D eigenvalue weighted by molar-refractivity contribution is 5.87. The Bertz CT molecular complexity index is 436. The molecule has 1 unspecified atom stereocenters. The summed E-state index contributed by atoms with van der Waals surface area (Å²) in [6, 6.07) is 0.134. The zero-order chi connectivity index (χ0) is 12.4. The van der Waals surface area contributed by atoms with Gasteiger partial charge in [0.05, 0.1) is 6.54 Å². The van der Waals surface area contributed by atoms with E-state index in [1.54, 1.807) is 0 Å². The van der Waals surface area contributed by atoms with Crippen LogP contribution in [0.25, 0.3) is 0 Å². The van der Waals surface area contributed by atoms with Crippen molar-refractivity contribution in [2.24, 2.45) is 0 Å². The minimum Gasteiger partial charge on any atom is -0.348 e. The number of hydrogen-bond donors (Lipinski definition) is 1.